The summed E-state index contributed by atoms with van der Waals surface area (Å²) in [5, 5.41) is 20.3. The fourth-order valence-corrected chi connectivity index (χ4v) is 5.21. The average Bonchev–Trinajstić information content (AvgIpc) is 2.89. The maximum absolute atomic E-state index is 9.56. The SMILES string of the molecule is CCc1ccccc1N(c1ccc(-c2cc(C#N)ccc2C#N)cc1)c1ccccc1[SiH2]C. The fraction of sp³-hybridized carbons (Fsp3) is 0.103. The first kappa shape index (κ1) is 22.1. The van der Waals surface area contributed by atoms with Crippen LogP contribution in [-0.2, 0) is 6.42 Å². The molecular weight excluding hydrogens is 418 g/mol. The van der Waals surface area contributed by atoms with Crippen molar-refractivity contribution in [2.24, 2.45) is 0 Å². The van der Waals surface area contributed by atoms with Crippen LogP contribution in [0.5, 0.6) is 0 Å². The lowest BCUT2D eigenvalue weighted by Gasteiger charge is -2.29. The van der Waals surface area contributed by atoms with E-state index in [0.29, 0.717) is 11.1 Å². The van der Waals surface area contributed by atoms with Gasteiger partial charge in [-0.25, -0.2) is 0 Å². The summed E-state index contributed by atoms with van der Waals surface area (Å²) in [5.41, 5.74) is 7.61. The van der Waals surface area contributed by atoms with Gasteiger partial charge in [-0.3, -0.25) is 0 Å². The van der Waals surface area contributed by atoms with Gasteiger partial charge < -0.3 is 4.90 Å². The fourth-order valence-electron chi connectivity index (χ4n) is 4.20. The molecule has 0 saturated carbocycles. The predicted octanol–water partition coefficient (Wildman–Crippen LogP) is 5.97. The van der Waals surface area contributed by atoms with Crippen molar-refractivity contribution in [3.05, 3.63) is 108 Å². The highest BCUT2D eigenvalue weighted by Crippen LogP contribution is 2.37. The summed E-state index contributed by atoms with van der Waals surface area (Å²) < 4.78 is 0. The van der Waals surface area contributed by atoms with Crippen LogP contribution in [0.4, 0.5) is 17.1 Å². The van der Waals surface area contributed by atoms with Crippen molar-refractivity contribution in [3.8, 4) is 23.3 Å². The van der Waals surface area contributed by atoms with Crippen molar-refractivity contribution in [1.29, 1.82) is 10.5 Å². The molecule has 160 valence electrons. The Balaban J connectivity index is 1.86. The van der Waals surface area contributed by atoms with Crippen molar-refractivity contribution in [1.82, 2.24) is 0 Å². The summed E-state index contributed by atoms with van der Waals surface area (Å²) in [6.07, 6.45) is 0.947. The minimum Gasteiger partial charge on any atom is -0.310 e. The molecule has 33 heavy (non-hydrogen) atoms. The van der Waals surface area contributed by atoms with E-state index in [1.54, 1.807) is 18.2 Å². The molecule has 0 heterocycles. The first-order valence-electron chi connectivity index (χ1n) is 11.2. The van der Waals surface area contributed by atoms with E-state index in [4.69, 9.17) is 0 Å². The largest absolute Gasteiger partial charge is 0.310 e. The highest BCUT2D eigenvalue weighted by atomic mass is 28.2. The highest BCUT2D eigenvalue weighted by Gasteiger charge is 2.18. The number of rotatable bonds is 6. The van der Waals surface area contributed by atoms with Crippen LogP contribution in [0, 0.1) is 22.7 Å². The second-order valence-electron chi connectivity index (χ2n) is 7.83. The monoisotopic (exact) mass is 443 g/mol. The summed E-state index contributed by atoms with van der Waals surface area (Å²) >= 11 is 0. The van der Waals surface area contributed by atoms with Crippen LogP contribution in [-0.4, -0.2) is 9.52 Å². The average molecular weight is 444 g/mol. The molecule has 0 aliphatic carbocycles. The number of anilines is 3. The summed E-state index contributed by atoms with van der Waals surface area (Å²) in [7, 11) is -0.383. The summed E-state index contributed by atoms with van der Waals surface area (Å²) in [6, 6.07) is 35.1. The molecule has 4 rings (SSSR count). The third-order valence-corrected chi connectivity index (χ3v) is 7.29. The van der Waals surface area contributed by atoms with E-state index >= 15 is 0 Å². The van der Waals surface area contributed by atoms with Crippen LogP contribution in [0.25, 0.3) is 11.1 Å². The van der Waals surface area contributed by atoms with E-state index < -0.39 is 0 Å². The molecule has 0 fully saturated rings. The zero-order valence-electron chi connectivity index (χ0n) is 18.9. The first-order valence-corrected chi connectivity index (χ1v) is 13.3. The predicted molar refractivity (Wildman–Crippen MR) is 139 cm³/mol. The van der Waals surface area contributed by atoms with Gasteiger partial charge in [0.25, 0.3) is 0 Å². The summed E-state index contributed by atoms with van der Waals surface area (Å²) in [6.45, 7) is 4.50. The van der Waals surface area contributed by atoms with Gasteiger partial charge in [0.05, 0.1) is 32.8 Å². The lowest BCUT2D eigenvalue weighted by Crippen LogP contribution is -2.23. The number of para-hydroxylation sites is 2. The van der Waals surface area contributed by atoms with E-state index in [2.05, 4.69) is 91.2 Å². The zero-order chi connectivity index (χ0) is 23.2. The normalized spacial score (nSPS) is 10.7. The van der Waals surface area contributed by atoms with E-state index in [1.165, 1.54) is 22.1 Å². The number of aryl methyl sites for hydroxylation is 1. The van der Waals surface area contributed by atoms with Crippen LogP contribution in [0.15, 0.2) is 91.0 Å². The molecule has 4 heteroatoms. The Hall–Kier alpha value is -4.12. The minimum atomic E-state index is -0.383. The number of hydrogen-bond donors (Lipinski definition) is 0. The quantitative estimate of drug-likeness (QED) is 0.345. The number of benzene rings is 4. The standard InChI is InChI=1S/C29H25N3Si/c1-3-22-8-4-5-9-27(22)32(28-10-6-7-11-29(28)33-2)25-16-14-23(15-17-25)26-18-21(19-30)12-13-24(26)20-31/h4-18H,3,33H2,1-2H3. The van der Waals surface area contributed by atoms with Gasteiger partial charge in [-0.1, -0.05) is 62.0 Å². The van der Waals surface area contributed by atoms with Crippen molar-refractivity contribution >= 4 is 31.8 Å². The molecular formula is C29H25N3Si. The number of nitriles is 2. The Labute approximate surface area is 198 Å². The Kier molecular flexibility index (Phi) is 6.69. The molecule has 4 aromatic rings. The molecule has 0 unspecified atom stereocenters. The molecule has 0 saturated heterocycles. The maximum atomic E-state index is 9.56. The molecule has 0 aromatic heterocycles. The van der Waals surface area contributed by atoms with E-state index in [1.807, 2.05) is 12.1 Å². The second kappa shape index (κ2) is 10.00. The zero-order valence-corrected chi connectivity index (χ0v) is 20.3. The van der Waals surface area contributed by atoms with Gasteiger partial charge in [0.15, 0.2) is 0 Å². The number of nitrogens with zero attached hydrogens (tertiary/aromatic N) is 3. The van der Waals surface area contributed by atoms with Crippen LogP contribution in [0.3, 0.4) is 0 Å². The molecule has 0 radical (unpaired) electrons. The van der Waals surface area contributed by atoms with E-state index in [9.17, 15) is 10.5 Å². The van der Waals surface area contributed by atoms with Gasteiger partial charge in [-0.05, 0) is 65.2 Å². The third kappa shape index (κ3) is 4.43. The van der Waals surface area contributed by atoms with Crippen LogP contribution < -0.4 is 10.1 Å². The first-order chi connectivity index (χ1) is 16.2. The Morgan fingerprint density at radius 1 is 0.788 bits per heavy atom. The molecule has 0 N–H and O–H groups in total. The molecule has 4 aromatic carbocycles. The van der Waals surface area contributed by atoms with Crippen LogP contribution in [0.1, 0.15) is 23.6 Å². The molecule has 0 bridgehead atoms. The van der Waals surface area contributed by atoms with Gasteiger partial charge in [0.1, 0.15) is 0 Å². The molecule has 0 amide bonds. The van der Waals surface area contributed by atoms with Crippen LogP contribution in [0.2, 0.25) is 6.55 Å². The highest BCUT2D eigenvalue weighted by molar-refractivity contribution is 6.54. The van der Waals surface area contributed by atoms with Gasteiger partial charge in [-0.2, -0.15) is 10.5 Å². The van der Waals surface area contributed by atoms with Crippen molar-refractivity contribution in [2.75, 3.05) is 4.90 Å². The Morgan fingerprint density at radius 3 is 2.15 bits per heavy atom. The van der Waals surface area contributed by atoms with E-state index in [-0.39, 0.29) is 9.52 Å². The lowest BCUT2D eigenvalue weighted by molar-refractivity contribution is 1.12. The Bertz CT molecular complexity index is 1310. The second-order valence-corrected chi connectivity index (χ2v) is 9.30. The maximum Gasteiger partial charge on any atom is 0.0998 e. The summed E-state index contributed by atoms with van der Waals surface area (Å²) in [4.78, 5) is 2.35. The molecule has 0 aliphatic heterocycles. The van der Waals surface area contributed by atoms with Crippen molar-refractivity contribution < 1.29 is 0 Å². The van der Waals surface area contributed by atoms with Gasteiger partial charge >= 0.3 is 0 Å². The van der Waals surface area contributed by atoms with Gasteiger partial charge in [0, 0.05) is 22.6 Å². The van der Waals surface area contributed by atoms with E-state index in [0.717, 1.165) is 23.2 Å². The smallest absolute Gasteiger partial charge is 0.0998 e. The lowest BCUT2D eigenvalue weighted by atomic mass is 9.97. The molecule has 0 spiro atoms. The molecule has 0 atom stereocenters. The van der Waals surface area contributed by atoms with Crippen LogP contribution >= 0.6 is 0 Å². The Morgan fingerprint density at radius 2 is 1.48 bits per heavy atom. The van der Waals surface area contributed by atoms with Crippen molar-refractivity contribution in [2.45, 2.75) is 19.9 Å². The topological polar surface area (TPSA) is 50.8 Å². The third-order valence-electron chi connectivity index (χ3n) is 5.93. The van der Waals surface area contributed by atoms with Crippen molar-refractivity contribution in [3.63, 3.8) is 0 Å². The summed E-state index contributed by atoms with van der Waals surface area (Å²) in [5.74, 6) is 0. The van der Waals surface area contributed by atoms with Gasteiger partial charge in [0.2, 0.25) is 0 Å². The van der Waals surface area contributed by atoms with Gasteiger partial charge in [-0.15, -0.1) is 0 Å². The number of hydrogen-bond acceptors (Lipinski definition) is 3. The molecule has 0 aliphatic rings. The minimum absolute atomic E-state index is 0.383. The molecule has 3 nitrogen and oxygen atoms in total.